The lowest BCUT2D eigenvalue weighted by Crippen LogP contribution is -1.93. The van der Waals surface area contributed by atoms with Gasteiger partial charge in [0.15, 0.2) is 0 Å². The molecule has 1 N–H and O–H groups in total. The number of nitrogens with zero attached hydrogens (tertiary/aromatic N) is 2. The van der Waals surface area contributed by atoms with E-state index in [2.05, 4.69) is 11.7 Å². The topological polar surface area (TPSA) is 38.0 Å². The maximum Gasteiger partial charge on any atom is 0.0712 e. The molecule has 54 valence electrons. The second-order valence-electron chi connectivity index (χ2n) is 2.02. The smallest absolute Gasteiger partial charge is 0.0712 e. The normalized spacial score (nSPS) is 9.70. The zero-order valence-electron chi connectivity index (χ0n) is 5.70. The van der Waals surface area contributed by atoms with E-state index in [0.717, 1.165) is 5.56 Å². The van der Waals surface area contributed by atoms with Crippen LogP contribution in [0.25, 0.3) is 0 Å². The standard InChI is InChI=1S/C7H10N2O/c1-2-3-9-5-7(6-10)4-8-9/h2,4-5,10H,1,3,6H2. The van der Waals surface area contributed by atoms with Crippen molar-refractivity contribution in [3.8, 4) is 0 Å². The molecule has 0 saturated carbocycles. The number of hydrogen-bond acceptors (Lipinski definition) is 2. The molecule has 0 fully saturated rings. The van der Waals surface area contributed by atoms with E-state index >= 15 is 0 Å². The van der Waals surface area contributed by atoms with E-state index in [4.69, 9.17) is 5.11 Å². The van der Waals surface area contributed by atoms with Crippen molar-refractivity contribution >= 4 is 0 Å². The summed E-state index contributed by atoms with van der Waals surface area (Å²) in [6.45, 7) is 4.31. The van der Waals surface area contributed by atoms with E-state index in [1.54, 1.807) is 23.2 Å². The van der Waals surface area contributed by atoms with Crippen LogP contribution < -0.4 is 0 Å². The van der Waals surface area contributed by atoms with Gasteiger partial charge in [0.25, 0.3) is 0 Å². The second-order valence-corrected chi connectivity index (χ2v) is 2.02. The van der Waals surface area contributed by atoms with Gasteiger partial charge >= 0.3 is 0 Å². The minimum atomic E-state index is 0.0527. The third-order valence-corrected chi connectivity index (χ3v) is 1.19. The molecule has 0 amide bonds. The summed E-state index contributed by atoms with van der Waals surface area (Å²) in [5.41, 5.74) is 0.835. The summed E-state index contributed by atoms with van der Waals surface area (Å²) in [6.07, 6.45) is 5.19. The molecule has 0 aliphatic carbocycles. The molecular formula is C7H10N2O. The van der Waals surface area contributed by atoms with Gasteiger partial charge in [0.05, 0.1) is 19.3 Å². The molecule has 0 saturated heterocycles. The van der Waals surface area contributed by atoms with Crippen molar-refractivity contribution in [1.82, 2.24) is 9.78 Å². The molecule has 0 atom stereocenters. The van der Waals surface area contributed by atoms with E-state index in [1.165, 1.54) is 0 Å². The fourth-order valence-electron chi connectivity index (χ4n) is 0.720. The first-order valence-corrected chi connectivity index (χ1v) is 3.10. The van der Waals surface area contributed by atoms with Gasteiger partial charge in [-0.05, 0) is 0 Å². The van der Waals surface area contributed by atoms with Crippen LogP contribution in [0, 0.1) is 0 Å². The Morgan fingerprint density at radius 3 is 3.10 bits per heavy atom. The Hall–Kier alpha value is -1.09. The number of aliphatic hydroxyl groups is 1. The van der Waals surface area contributed by atoms with Crippen molar-refractivity contribution in [2.45, 2.75) is 13.2 Å². The lowest BCUT2D eigenvalue weighted by molar-refractivity contribution is 0.281. The highest BCUT2D eigenvalue weighted by atomic mass is 16.3. The quantitative estimate of drug-likeness (QED) is 0.620. The molecule has 0 bridgehead atoms. The van der Waals surface area contributed by atoms with E-state index < -0.39 is 0 Å². The molecule has 1 aromatic rings. The van der Waals surface area contributed by atoms with Crippen molar-refractivity contribution in [2.24, 2.45) is 0 Å². The highest BCUT2D eigenvalue weighted by Gasteiger charge is 1.92. The van der Waals surface area contributed by atoms with Crippen LogP contribution in [0.3, 0.4) is 0 Å². The molecular weight excluding hydrogens is 128 g/mol. The Bertz CT molecular complexity index is 217. The van der Waals surface area contributed by atoms with Crippen LogP contribution in [0.5, 0.6) is 0 Å². The van der Waals surface area contributed by atoms with Gasteiger partial charge in [-0.15, -0.1) is 6.58 Å². The van der Waals surface area contributed by atoms with Crippen LogP contribution in [-0.2, 0) is 13.2 Å². The summed E-state index contributed by atoms with van der Waals surface area (Å²) in [5.74, 6) is 0. The fourth-order valence-corrected chi connectivity index (χ4v) is 0.720. The molecule has 10 heavy (non-hydrogen) atoms. The molecule has 0 spiro atoms. The summed E-state index contributed by atoms with van der Waals surface area (Å²) in [6, 6.07) is 0. The van der Waals surface area contributed by atoms with Crippen molar-refractivity contribution in [1.29, 1.82) is 0 Å². The Morgan fingerprint density at radius 2 is 2.60 bits per heavy atom. The minimum absolute atomic E-state index is 0.0527. The number of rotatable bonds is 3. The van der Waals surface area contributed by atoms with Gasteiger partial charge < -0.3 is 5.11 Å². The fraction of sp³-hybridized carbons (Fsp3) is 0.286. The van der Waals surface area contributed by atoms with Gasteiger partial charge in [-0.3, -0.25) is 4.68 Å². The Morgan fingerprint density at radius 1 is 1.80 bits per heavy atom. The minimum Gasteiger partial charge on any atom is -0.392 e. The van der Waals surface area contributed by atoms with Crippen molar-refractivity contribution in [3.63, 3.8) is 0 Å². The van der Waals surface area contributed by atoms with Gasteiger partial charge in [-0.25, -0.2) is 0 Å². The number of allylic oxidation sites excluding steroid dienone is 1. The lowest BCUT2D eigenvalue weighted by Gasteiger charge is -1.90. The van der Waals surface area contributed by atoms with Crippen molar-refractivity contribution in [3.05, 3.63) is 30.6 Å². The third-order valence-electron chi connectivity index (χ3n) is 1.19. The molecule has 1 aromatic heterocycles. The van der Waals surface area contributed by atoms with E-state index in [9.17, 15) is 0 Å². The molecule has 0 radical (unpaired) electrons. The number of aromatic nitrogens is 2. The van der Waals surface area contributed by atoms with Crippen LogP contribution in [0.4, 0.5) is 0 Å². The number of aliphatic hydroxyl groups excluding tert-OH is 1. The van der Waals surface area contributed by atoms with Crippen molar-refractivity contribution < 1.29 is 5.11 Å². The van der Waals surface area contributed by atoms with E-state index in [1.807, 2.05) is 0 Å². The summed E-state index contributed by atoms with van der Waals surface area (Å²) in [5, 5.41) is 12.6. The second kappa shape index (κ2) is 3.17. The SMILES string of the molecule is C=CCn1cc(CO)cn1. The third kappa shape index (κ3) is 1.45. The highest BCUT2D eigenvalue weighted by molar-refractivity contribution is 5.01. The maximum absolute atomic E-state index is 8.64. The van der Waals surface area contributed by atoms with Crippen LogP contribution in [-0.4, -0.2) is 14.9 Å². The molecule has 0 aromatic carbocycles. The Labute approximate surface area is 59.6 Å². The summed E-state index contributed by atoms with van der Waals surface area (Å²) >= 11 is 0. The molecule has 3 nitrogen and oxygen atoms in total. The van der Waals surface area contributed by atoms with Crippen molar-refractivity contribution in [2.75, 3.05) is 0 Å². The summed E-state index contributed by atoms with van der Waals surface area (Å²) < 4.78 is 1.72. The van der Waals surface area contributed by atoms with Gasteiger partial charge in [0.1, 0.15) is 0 Å². The average molecular weight is 138 g/mol. The van der Waals surface area contributed by atoms with Crippen LogP contribution >= 0.6 is 0 Å². The highest BCUT2D eigenvalue weighted by Crippen LogP contribution is 1.95. The van der Waals surface area contributed by atoms with Gasteiger partial charge in [-0.2, -0.15) is 5.10 Å². The van der Waals surface area contributed by atoms with Gasteiger partial charge in [-0.1, -0.05) is 6.08 Å². The molecule has 1 heterocycles. The van der Waals surface area contributed by atoms with Crippen LogP contribution in [0.2, 0.25) is 0 Å². The Kier molecular flexibility index (Phi) is 2.23. The average Bonchev–Trinajstić information content (AvgIpc) is 2.37. The maximum atomic E-state index is 8.64. The lowest BCUT2D eigenvalue weighted by atomic mass is 10.4. The first-order chi connectivity index (χ1) is 4.86. The predicted molar refractivity (Wildman–Crippen MR) is 38.3 cm³/mol. The van der Waals surface area contributed by atoms with Gasteiger partial charge in [0.2, 0.25) is 0 Å². The molecule has 1 rings (SSSR count). The predicted octanol–water partition coefficient (Wildman–Crippen LogP) is 0.561. The van der Waals surface area contributed by atoms with Crippen LogP contribution in [0.15, 0.2) is 25.0 Å². The zero-order valence-corrected chi connectivity index (χ0v) is 5.70. The molecule has 0 unspecified atom stereocenters. The van der Waals surface area contributed by atoms with E-state index in [0.29, 0.717) is 6.54 Å². The monoisotopic (exact) mass is 138 g/mol. The zero-order chi connectivity index (χ0) is 7.40. The molecule has 3 heteroatoms. The van der Waals surface area contributed by atoms with Crippen LogP contribution in [0.1, 0.15) is 5.56 Å². The molecule has 0 aliphatic rings. The first-order valence-electron chi connectivity index (χ1n) is 3.10. The Balaban J connectivity index is 2.67. The summed E-state index contributed by atoms with van der Waals surface area (Å²) in [4.78, 5) is 0. The largest absolute Gasteiger partial charge is 0.392 e. The molecule has 0 aliphatic heterocycles. The number of hydrogen-bond donors (Lipinski definition) is 1. The summed E-state index contributed by atoms with van der Waals surface area (Å²) in [7, 11) is 0. The van der Waals surface area contributed by atoms with Gasteiger partial charge in [0, 0.05) is 11.8 Å². The first kappa shape index (κ1) is 7.02. The van der Waals surface area contributed by atoms with E-state index in [-0.39, 0.29) is 6.61 Å².